The summed E-state index contributed by atoms with van der Waals surface area (Å²) in [5.74, 6) is 7.12. The van der Waals surface area contributed by atoms with E-state index in [9.17, 15) is 0 Å². The average Bonchev–Trinajstić information content (AvgIpc) is 2.51. The van der Waals surface area contributed by atoms with Gasteiger partial charge >= 0.3 is 0 Å². The maximum atomic E-state index is 5.48. The van der Waals surface area contributed by atoms with Crippen LogP contribution in [0.15, 0.2) is 54.6 Å². The van der Waals surface area contributed by atoms with Gasteiger partial charge in [-0.2, -0.15) is 0 Å². The molecule has 0 atom stereocenters. The van der Waals surface area contributed by atoms with Gasteiger partial charge in [-0.25, -0.2) is 0 Å². The molecule has 0 bridgehead atoms. The van der Waals surface area contributed by atoms with Crippen molar-refractivity contribution >= 4 is 0 Å². The van der Waals surface area contributed by atoms with Gasteiger partial charge in [-0.1, -0.05) is 54.3 Å². The van der Waals surface area contributed by atoms with E-state index in [1.807, 2.05) is 30.3 Å². The third-order valence-electron chi connectivity index (χ3n) is 2.82. The Morgan fingerprint density at radius 3 is 2.50 bits per heavy atom. The molecule has 0 aliphatic carbocycles. The van der Waals surface area contributed by atoms with Crippen molar-refractivity contribution in [2.24, 2.45) is 0 Å². The number of ether oxygens (including phenoxy) is 2. The molecule has 102 valence electrons. The van der Waals surface area contributed by atoms with Gasteiger partial charge in [0.25, 0.3) is 0 Å². The highest BCUT2D eigenvalue weighted by atomic mass is 16.7. The van der Waals surface area contributed by atoms with E-state index in [-0.39, 0.29) is 6.79 Å². The monoisotopic (exact) mass is 266 g/mol. The molecule has 0 spiro atoms. The number of para-hydroxylation sites is 1. The normalized spacial score (nSPS) is 9.65. The van der Waals surface area contributed by atoms with Crippen LogP contribution in [0.4, 0.5) is 0 Å². The molecule has 0 saturated carbocycles. The number of benzene rings is 2. The smallest absolute Gasteiger partial charge is 0.188 e. The first-order valence-electron chi connectivity index (χ1n) is 6.63. The summed E-state index contributed by atoms with van der Waals surface area (Å²) in [6.07, 6.45) is 1.80. The molecule has 2 heteroatoms. The molecule has 0 fully saturated rings. The molecule has 0 unspecified atom stereocenters. The van der Waals surface area contributed by atoms with Crippen LogP contribution in [0.2, 0.25) is 0 Å². The van der Waals surface area contributed by atoms with Crippen molar-refractivity contribution in [3.63, 3.8) is 0 Å². The molecule has 0 aliphatic rings. The lowest BCUT2D eigenvalue weighted by atomic mass is 10.1. The van der Waals surface area contributed by atoms with E-state index in [2.05, 4.69) is 36.1 Å². The Hall–Kier alpha value is -2.24. The van der Waals surface area contributed by atoms with Crippen LogP contribution in [0.3, 0.4) is 0 Å². The van der Waals surface area contributed by atoms with Crippen LogP contribution in [0.5, 0.6) is 5.75 Å². The Morgan fingerprint density at radius 2 is 1.70 bits per heavy atom. The second kappa shape index (κ2) is 8.04. The molecule has 2 nitrogen and oxygen atoms in total. The molecule has 0 saturated heterocycles. The molecule has 0 amide bonds. The third-order valence-corrected chi connectivity index (χ3v) is 2.82. The highest BCUT2D eigenvalue weighted by Gasteiger charge is 1.98. The zero-order valence-corrected chi connectivity index (χ0v) is 11.6. The van der Waals surface area contributed by atoms with Crippen LogP contribution in [0, 0.1) is 11.8 Å². The Labute approximate surface area is 120 Å². The predicted molar refractivity (Wildman–Crippen MR) is 80.6 cm³/mol. The first kappa shape index (κ1) is 14.2. The second-order valence-corrected chi connectivity index (χ2v) is 4.33. The van der Waals surface area contributed by atoms with Gasteiger partial charge in [-0.05, 0) is 24.1 Å². The largest absolute Gasteiger partial charge is 0.466 e. The van der Waals surface area contributed by atoms with Crippen molar-refractivity contribution < 1.29 is 9.47 Å². The van der Waals surface area contributed by atoms with Crippen LogP contribution in [-0.2, 0) is 11.2 Å². The van der Waals surface area contributed by atoms with E-state index in [1.165, 1.54) is 5.56 Å². The molecule has 2 aromatic carbocycles. The quantitative estimate of drug-likeness (QED) is 0.607. The summed E-state index contributed by atoms with van der Waals surface area (Å²) in [7, 11) is 1.61. The Kier molecular flexibility index (Phi) is 5.70. The fraction of sp³-hybridized carbons (Fsp3) is 0.222. The molecule has 0 radical (unpaired) electrons. The van der Waals surface area contributed by atoms with Gasteiger partial charge in [0.2, 0.25) is 0 Å². The Balaban J connectivity index is 1.95. The van der Waals surface area contributed by atoms with E-state index in [1.54, 1.807) is 7.11 Å². The molecule has 2 rings (SSSR count). The summed E-state index contributed by atoms with van der Waals surface area (Å²) < 4.78 is 10.4. The zero-order valence-electron chi connectivity index (χ0n) is 11.6. The van der Waals surface area contributed by atoms with Gasteiger partial charge in [-0.3, -0.25) is 0 Å². The first-order valence-corrected chi connectivity index (χ1v) is 6.63. The minimum atomic E-state index is 0.239. The fourth-order valence-corrected chi connectivity index (χ4v) is 1.83. The fourth-order valence-electron chi connectivity index (χ4n) is 1.83. The van der Waals surface area contributed by atoms with Gasteiger partial charge in [0.15, 0.2) is 6.79 Å². The van der Waals surface area contributed by atoms with Crippen LogP contribution < -0.4 is 4.74 Å². The average molecular weight is 266 g/mol. The standard InChI is InChI=1S/C18H18O2/c1-19-15-20-18-14-8-7-13-17(18)12-6-5-11-16-9-3-2-4-10-16/h2-4,7-10,13-14H,5,11,15H2,1H3. The number of hydrogen-bond acceptors (Lipinski definition) is 2. The van der Waals surface area contributed by atoms with E-state index < -0.39 is 0 Å². The van der Waals surface area contributed by atoms with Crippen molar-refractivity contribution in [2.45, 2.75) is 12.8 Å². The maximum absolute atomic E-state index is 5.48. The first-order chi connectivity index (χ1) is 9.90. The number of methoxy groups -OCH3 is 1. The minimum absolute atomic E-state index is 0.239. The number of rotatable bonds is 5. The van der Waals surface area contributed by atoms with Crippen molar-refractivity contribution in [2.75, 3.05) is 13.9 Å². The molecule has 0 N–H and O–H groups in total. The molecular weight excluding hydrogens is 248 g/mol. The van der Waals surface area contributed by atoms with Crippen LogP contribution in [-0.4, -0.2) is 13.9 Å². The molecule has 0 heterocycles. The lowest BCUT2D eigenvalue weighted by Crippen LogP contribution is -2.00. The summed E-state index contributed by atoms with van der Waals surface area (Å²) in [6.45, 7) is 0.239. The van der Waals surface area contributed by atoms with Gasteiger partial charge in [0.1, 0.15) is 5.75 Å². The number of hydrogen-bond donors (Lipinski definition) is 0. The molecule has 20 heavy (non-hydrogen) atoms. The maximum Gasteiger partial charge on any atom is 0.188 e. The van der Waals surface area contributed by atoms with Crippen LogP contribution in [0.1, 0.15) is 17.5 Å². The van der Waals surface area contributed by atoms with Crippen LogP contribution in [0.25, 0.3) is 0 Å². The van der Waals surface area contributed by atoms with E-state index in [4.69, 9.17) is 9.47 Å². The van der Waals surface area contributed by atoms with Crippen molar-refractivity contribution in [1.29, 1.82) is 0 Å². The lowest BCUT2D eigenvalue weighted by Gasteiger charge is -2.06. The van der Waals surface area contributed by atoms with Gasteiger partial charge < -0.3 is 9.47 Å². The summed E-state index contributed by atoms with van der Waals surface area (Å²) in [5.41, 5.74) is 2.21. The highest BCUT2D eigenvalue weighted by molar-refractivity contribution is 5.45. The third kappa shape index (κ3) is 4.46. The topological polar surface area (TPSA) is 18.5 Å². The Bertz CT molecular complexity index is 579. The van der Waals surface area contributed by atoms with Gasteiger partial charge in [0.05, 0.1) is 5.56 Å². The lowest BCUT2D eigenvalue weighted by molar-refractivity contribution is 0.0509. The summed E-state index contributed by atoms with van der Waals surface area (Å²) in [4.78, 5) is 0. The van der Waals surface area contributed by atoms with Gasteiger partial charge in [0, 0.05) is 13.5 Å². The summed E-state index contributed by atoms with van der Waals surface area (Å²) in [6, 6.07) is 18.1. The molecule has 2 aromatic rings. The van der Waals surface area contributed by atoms with E-state index in [0.717, 1.165) is 24.2 Å². The van der Waals surface area contributed by atoms with E-state index in [0.29, 0.717) is 0 Å². The SMILES string of the molecule is COCOc1ccccc1C#CCCc1ccccc1. The second-order valence-electron chi connectivity index (χ2n) is 4.33. The zero-order chi connectivity index (χ0) is 14.0. The highest BCUT2D eigenvalue weighted by Crippen LogP contribution is 2.16. The van der Waals surface area contributed by atoms with Crippen LogP contribution >= 0.6 is 0 Å². The summed E-state index contributed by atoms with van der Waals surface area (Å²) >= 11 is 0. The number of aryl methyl sites for hydroxylation is 1. The molecular formula is C18H18O2. The van der Waals surface area contributed by atoms with Crippen molar-refractivity contribution in [3.8, 4) is 17.6 Å². The molecule has 0 aromatic heterocycles. The molecule has 0 aliphatic heterocycles. The van der Waals surface area contributed by atoms with Crippen molar-refractivity contribution in [1.82, 2.24) is 0 Å². The predicted octanol–water partition coefficient (Wildman–Crippen LogP) is 3.65. The van der Waals surface area contributed by atoms with Gasteiger partial charge in [-0.15, -0.1) is 0 Å². The Morgan fingerprint density at radius 1 is 0.950 bits per heavy atom. The van der Waals surface area contributed by atoms with Crippen molar-refractivity contribution in [3.05, 3.63) is 65.7 Å². The summed E-state index contributed by atoms with van der Waals surface area (Å²) in [5, 5.41) is 0. The minimum Gasteiger partial charge on any atom is -0.466 e. The van der Waals surface area contributed by atoms with E-state index >= 15 is 0 Å².